The van der Waals surface area contributed by atoms with Crippen LogP contribution < -0.4 is 5.32 Å². The fourth-order valence-electron chi connectivity index (χ4n) is 2.60. The number of carboxylic acids is 1. The minimum absolute atomic E-state index is 0.189. The van der Waals surface area contributed by atoms with Gasteiger partial charge in [-0.3, -0.25) is 4.79 Å². The van der Waals surface area contributed by atoms with E-state index >= 15 is 0 Å². The van der Waals surface area contributed by atoms with Crippen molar-refractivity contribution in [3.05, 3.63) is 0 Å². The monoisotopic (exact) mass is 212 g/mol. The van der Waals surface area contributed by atoms with Gasteiger partial charge < -0.3 is 15.3 Å². The summed E-state index contributed by atoms with van der Waals surface area (Å²) in [5.41, 5.74) is 0. The summed E-state index contributed by atoms with van der Waals surface area (Å²) in [5, 5.41) is 12.5. The van der Waals surface area contributed by atoms with E-state index < -0.39 is 5.97 Å². The van der Waals surface area contributed by atoms with Gasteiger partial charge in [0.15, 0.2) is 0 Å². The Hall–Kier alpha value is -0.610. The molecule has 3 unspecified atom stereocenters. The topological polar surface area (TPSA) is 52.6 Å². The van der Waals surface area contributed by atoms with Gasteiger partial charge in [0.1, 0.15) is 0 Å². The maximum Gasteiger partial charge on any atom is 0.309 e. The first-order chi connectivity index (χ1) is 7.09. The summed E-state index contributed by atoms with van der Waals surface area (Å²) >= 11 is 0. The molecule has 86 valence electrons. The van der Waals surface area contributed by atoms with E-state index in [1.807, 2.05) is 14.1 Å². The molecule has 1 saturated carbocycles. The van der Waals surface area contributed by atoms with Crippen LogP contribution in [0.3, 0.4) is 0 Å². The van der Waals surface area contributed by atoms with Crippen molar-refractivity contribution in [2.45, 2.75) is 31.3 Å². The Balaban J connectivity index is 2.01. The number of hydrogen-bond acceptors (Lipinski definition) is 3. The standard InChI is InChI=1S/C11H20N2O2/c1-13(2)10-5-9(7-3-4-7)12-6-8(10)11(14)15/h7-10,12H,3-6H2,1-2H3,(H,14,15). The number of hydrogen-bond donors (Lipinski definition) is 2. The van der Waals surface area contributed by atoms with Crippen LogP contribution in [-0.4, -0.2) is 48.7 Å². The molecule has 1 aliphatic carbocycles. The highest BCUT2D eigenvalue weighted by Crippen LogP contribution is 2.37. The number of nitrogens with one attached hydrogen (secondary N) is 1. The van der Waals surface area contributed by atoms with Crippen LogP contribution in [0.2, 0.25) is 0 Å². The minimum Gasteiger partial charge on any atom is -0.481 e. The molecule has 4 heteroatoms. The summed E-state index contributed by atoms with van der Waals surface area (Å²) in [6, 6.07) is 0.738. The molecule has 0 aromatic carbocycles. The molecule has 0 amide bonds. The van der Waals surface area contributed by atoms with Gasteiger partial charge in [0.05, 0.1) is 5.92 Å². The summed E-state index contributed by atoms with van der Waals surface area (Å²) in [6.45, 7) is 0.624. The van der Waals surface area contributed by atoms with E-state index in [-0.39, 0.29) is 12.0 Å². The Morgan fingerprint density at radius 2 is 2.07 bits per heavy atom. The second-order valence-electron chi connectivity index (χ2n) is 5.06. The molecule has 0 spiro atoms. The summed E-state index contributed by atoms with van der Waals surface area (Å²) in [4.78, 5) is 13.2. The quantitative estimate of drug-likeness (QED) is 0.710. The van der Waals surface area contributed by atoms with Crippen LogP contribution in [0, 0.1) is 11.8 Å². The van der Waals surface area contributed by atoms with Gasteiger partial charge in [-0.1, -0.05) is 0 Å². The predicted octanol–water partition coefficient (Wildman–Crippen LogP) is 0.389. The molecule has 0 aromatic rings. The highest BCUT2D eigenvalue weighted by molar-refractivity contribution is 5.71. The molecule has 2 N–H and O–H groups in total. The van der Waals surface area contributed by atoms with Crippen LogP contribution in [-0.2, 0) is 4.79 Å². The van der Waals surface area contributed by atoms with E-state index in [9.17, 15) is 4.79 Å². The van der Waals surface area contributed by atoms with Gasteiger partial charge in [0.25, 0.3) is 0 Å². The molecular weight excluding hydrogens is 192 g/mol. The maximum atomic E-state index is 11.1. The van der Waals surface area contributed by atoms with Crippen molar-refractivity contribution in [1.29, 1.82) is 0 Å². The lowest BCUT2D eigenvalue weighted by molar-refractivity contribution is -0.145. The molecule has 2 aliphatic rings. The predicted molar refractivity (Wildman–Crippen MR) is 57.7 cm³/mol. The van der Waals surface area contributed by atoms with E-state index in [1.165, 1.54) is 12.8 Å². The normalized spacial score (nSPS) is 36.9. The van der Waals surface area contributed by atoms with Crippen LogP contribution in [0.25, 0.3) is 0 Å². The molecule has 2 fully saturated rings. The molecule has 2 rings (SSSR count). The van der Waals surface area contributed by atoms with Crippen molar-refractivity contribution in [1.82, 2.24) is 10.2 Å². The Labute approximate surface area is 90.6 Å². The Morgan fingerprint density at radius 1 is 1.40 bits per heavy atom. The molecule has 15 heavy (non-hydrogen) atoms. The average Bonchev–Trinajstić information content (AvgIpc) is 2.99. The first kappa shape index (κ1) is 10.9. The second kappa shape index (κ2) is 4.10. The van der Waals surface area contributed by atoms with E-state index in [2.05, 4.69) is 10.2 Å². The highest BCUT2D eigenvalue weighted by Gasteiger charge is 2.41. The number of piperidine rings is 1. The van der Waals surface area contributed by atoms with Crippen molar-refractivity contribution >= 4 is 5.97 Å². The molecule has 0 bridgehead atoms. The SMILES string of the molecule is CN(C)C1CC(C2CC2)NCC1C(=O)O. The third-order valence-electron chi connectivity index (χ3n) is 3.73. The average molecular weight is 212 g/mol. The number of carboxylic acid groups (broad SMARTS) is 1. The third-order valence-corrected chi connectivity index (χ3v) is 3.73. The number of aliphatic carboxylic acids is 1. The number of carbonyl (C=O) groups is 1. The lowest BCUT2D eigenvalue weighted by atomic mass is 9.86. The van der Waals surface area contributed by atoms with Gasteiger partial charge in [0, 0.05) is 18.6 Å². The van der Waals surface area contributed by atoms with Crippen LogP contribution in [0.4, 0.5) is 0 Å². The Kier molecular flexibility index (Phi) is 2.98. The van der Waals surface area contributed by atoms with Gasteiger partial charge in [-0.05, 0) is 39.3 Å². The fraction of sp³-hybridized carbons (Fsp3) is 0.909. The lowest BCUT2D eigenvalue weighted by Gasteiger charge is -2.38. The molecule has 1 aliphatic heterocycles. The smallest absolute Gasteiger partial charge is 0.309 e. The Morgan fingerprint density at radius 3 is 2.53 bits per heavy atom. The first-order valence-electron chi connectivity index (χ1n) is 5.72. The fourth-order valence-corrected chi connectivity index (χ4v) is 2.60. The molecule has 4 nitrogen and oxygen atoms in total. The van der Waals surface area contributed by atoms with Crippen molar-refractivity contribution < 1.29 is 9.90 Å². The van der Waals surface area contributed by atoms with Crippen LogP contribution in [0.1, 0.15) is 19.3 Å². The van der Waals surface area contributed by atoms with Gasteiger partial charge in [0.2, 0.25) is 0 Å². The van der Waals surface area contributed by atoms with Gasteiger partial charge in [-0.15, -0.1) is 0 Å². The zero-order valence-corrected chi connectivity index (χ0v) is 9.44. The number of rotatable bonds is 3. The van der Waals surface area contributed by atoms with Gasteiger partial charge in [-0.25, -0.2) is 0 Å². The van der Waals surface area contributed by atoms with Crippen LogP contribution in [0.15, 0.2) is 0 Å². The highest BCUT2D eigenvalue weighted by atomic mass is 16.4. The maximum absolute atomic E-state index is 11.1. The van der Waals surface area contributed by atoms with Crippen molar-refractivity contribution in [2.24, 2.45) is 11.8 Å². The lowest BCUT2D eigenvalue weighted by Crippen LogP contribution is -2.54. The summed E-state index contributed by atoms with van der Waals surface area (Å²) in [6.07, 6.45) is 3.61. The van der Waals surface area contributed by atoms with E-state index in [0.717, 1.165) is 12.3 Å². The zero-order chi connectivity index (χ0) is 11.0. The van der Waals surface area contributed by atoms with Gasteiger partial charge in [-0.2, -0.15) is 0 Å². The van der Waals surface area contributed by atoms with Crippen LogP contribution >= 0.6 is 0 Å². The molecule has 1 heterocycles. The molecular formula is C11H20N2O2. The summed E-state index contributed by atoms with van der Waals surface area (Å²) < 4.78 is 0. The van der Waals surface area contributed by atoms with E-state index in [1.54, 1.807) is 0 Å². The van der Waals surface area contributed by atoms with Crippen molar-refractivity contribution in [3.63, 3.8) is 0 Å². The second-order valence-corrected chi connectivity index (χ2v) is 5.06. The molecule has 0 aromatic heterocycles. The minimum atomic E-state index is -0.671. The van der Waals surface area contributed by atoms with Crippen molar-refractivity contribution in [3.8, 4) is 0 Å². The first-order valence-corrected chi connectivity index (χ1v) is 5.72. The largest absolute Gasteiger partial charge is 0.481 e. The summed E-state index contributed by atoms with van der Waals surface area (Å²) in [5.74, 6) is -0.118. The third kappa shape index (κ3) is 2.32. The van der Waals surface area contributed by atoms with Gasteiger partial charge >= 0.3 is 5.97 Å². The van der Waals surface area contributed by atoms with E-state index in [4.69, 9.17) is 5.11 Å². The molecule has 3 atom stereocenters. The van der Waals surface area contributed by atoms with Crippen molar-refractivity contribution in [2.75, 3.05) is 20.6 Å². The zero-order valence-electron chi connectivity index (χ0n) is 9.44. The number of nitrogens with zero attached hydrogens (tertiary/aromatic N) is 1. The Bertz CT molecular complexity index is 251. The molecule has 0 radical (unpaired) electrons. The molecule has 1 saturated heterocycles. The van der Waals surface area contributed by atoms with E-state index in [0.29, 0.717) is 12.6 Å². The van der Waals surface area contributed by atoms with Crippen LogP contribution in [0.5, 0.6) is 0 Å². The summed E-state index contributed by atoms with van der Waals surface area (Å²) in [7, 11) is 3.96.